The monoisotopic (exact) mass is 368 g/mol. The number of piperidine rings is 2. The molecule has 0 spiro atoms. The molecule has 3 rings (SSSR count). The van der Waals surface area contributed by atoms with Gasteiger partial charge in [0.25, 0.3) is 0 Å². The SMILES string of the molecule is CC1CCCN(C(=O)CCCS(=O)(=O)N2CCCC3CCCC=C32)C1. The molecule has 0 N–H and O–H groups in total. The zero-order valence-corrected chi connectivity index (χ0v) is 16.3. The molecule has 2 atom stereocenters. The zero-order valence-electron chi connectivity index (χ0n) is 15.5. The quantitative estimate of drug-likeness (QED) is 0.749. The molecular formula is C19H32N2O3S. The Hall–Kier alpha value is -1.04. The molecule has 2 aliphatic heterocycles. The highest BCUT2D eigenvalue weighted by molar-refractivity contribution is 7.89. The Kier molecular flexibility index (Phi) is 6.08. The van der Waals surface area contributed by atoms with E-state index in [1.807, 2.05) is 4.90 Å². The third kappa shape index (κ3) is 4.57. The van der Waals surface area contributed by atoms with Crippen LogP contribution in [-0.2, 0) is 14.8 Å². The van der Waals surface area contributed by atoms with Gasteiger partial charge in [0.15, 0.2) is 0 Å². The minimum atomic E-state index is -3.30. The molecule has 0 aromatic rings. The van der Waals surface area contributed by atoms with Crippen LogP contribution in [0.2, 0.25) is 0 Å². The summed E-state index contributed by atoms with van der Waals surface area (Å²) in [6.07, 6.45) is 10.5. The summed E-state index contributed by atoms with van der Waals surface area (Å²) in [5, 5.41) is 0. The predicted molar refractivity (Wildman–Crippen MR) is 99.4 cm³/mol. The number of likely N-dealkylation sites (tertiary alicyclic amines) is 1. The number of allylic oxidation sites excluding steroid dienone is 2. The fraction of sp³-hybridized carbons (Fsp3) is 0.842. The molecule has 0 bridgehead atoms. The second-order valence-electron chi connectivity index (χ2n) is 7.98. The zero-order chi connectivity index (χ0) is 17.9. The molecular weight excluding hydrogens is 336 g/mol. The van der Waals surface area contributed by atoms with E-state index < -0.39 is 10.0 Å². The van der Waals surface area contributed by atoms with Crippen LogP contribution in [0, 0.1) is 11.8 Å². The van der Waals surface area contributed by atoms with Crippen molar-refractivity contribution >= 4 is 15.9 Å². The van der Waals surface area contributed by atoms with E-state index in [-0.39, 0.29) is 11.7 Å². The summed E-state index contributed by atoms with van der Waals surface area (Å²) in [5.41, 5.74) is 1.04. The van der Waals surface area contributed by atoms with Gasteiger partial charge < -0.3 is 4.90 Å². The van der Waals surface area contributed by atoms with E-state index >= 15 is 0 Å². The summed E-state index contributed by atoms with van der Waals surface area (Å²) in [5.74, 6) is 1.19. The summed E-state index contributed by atoms with van der Waals surface area (Å²) in [6.45, 7) is 4.44. The van der Waals surface area contributed by atoms with Crippen molar-refractivity contribution in [2.45, 2.75) is 64.7 Å². The molecule has 0 saturated carbocycles. The Bertz CT molecular complexity index is 614. The van der Waals surface area contributed by atoms with Gasteiger partial charge in [0, 0.05) is 31.8 Å². The van der Waals surface area contributed by atoms with Crippen molar-refractivity contribution < 1.29 is 13.2 Å². The van der Waals surface area contributed by atoms with Gasteiger partial charge in [0.2, 0.25) is 15.9 Å². The third-order valence-corrected chi connectivity index (χ3v) is 7.74. The Labute approximate surface area is 152 Å². The summed E-state index contributed by atoms with van der Waals surface area (Å²) >= 11 is 0. The molecule has 142 valence electrons. The largest absolute Gasteiger partial charge is 0.342 e. The smallest absolute Gasteiger partial charge is 0.234 e. The summed E-state index contributed by atoms with van der Waals surface area (Å²) in [4.78, 5) is 14.3. The second-order valence-corrected chi connectivity index (χ2v) is 9.99. The van der Waals surface area contributed by atoms with Crippen LogP contribution in [-0.4, -0.2) is 48.9 Å². The first-order chi connectivity index (χ1) is 12.0. The number of amides is 1. The lowest BCUT2D eigenvalue weighted by Gasteiger charge is -2.38. The van der Waals surface area contributed by atoms with Crippen molar-refractivity contribution in [3.63, 3.8) is 0 Å². The lowest BCUT2D eigenvalue weighted by atomic mass is 9.86. The van der Waals surface area contributed by atoms with Gasteiger partial charge in [-0.25, -0.2) is 8.42 Å². The van der Waals surface area contributed by atoms with Crippen LogP contribution in [0.4, 0.5) is 0 Å². The second kappa shape index (κ2) is 8.11. The van der Waals surface area contributed by atoms with E-state index in [0.29, 0.717) is 31.2 Å². The van der Waals surface area contributed by atoms with E-state index in [0.717, 1.165) is 50.9 Å². The van der Waals surface area contributed by atoms with Crippen molar-refractivity contribution in [1.82, 2.24) is 9.21 Å². The number of hydrogen-bond donors (Lipinski definition) is 0. The van der Waals surface area contributed by atoms with Crippen LogP contribution in [0.3, 0.4) is 0 Å². The molecule has 0 radical (unpaired) electrons. The first-order valence-electron chi connectivity index (χ1n) is 9.95. The molecule has 0 aromatic carbocycles. The molecule has 2 unspecified atom stereocenters. The molecule has 25 heavy (non-hydrogen) atoms. The summed E-state index contributed by atoms with van der Waals surface area (Å²) in [7, 11) is -3.30. The van der Waals surface area contributed by atoms with Crippen LogP contribution in [0.15, 0.2) is 11.8 Å². The molecule has 1 amide bonds. The van der Waals surface area contributed by atoms with Gasteiger partial charge in [-0.05, 0) is 63.2 Å². The van der Waals surface area contributed by atoms with E-state index in [1.165, 1.54) is 12.8 Å². The van der Waals surface area contributed by atoms with Crippen LogP contribution in [0.5, 0.6) is 0 Å². The average molecular weight is 369 g/mol. The number of rotatable bonds is 5. The van der Waals surface area contributed by atoms with Crippen molar-refractivity contribution in [2.24, 2.45) is 11.8 Å². The maximum Gasteiger partial charge on any atom is 0.234 e. The van der Waals surface area contributed by atoms with Gasteiger partial charge in [0.1, 0.15) is 0 Å². The van der Waals surface area contributed by atoms with Gasteiger partial charge >= 0.3 is 0 Å². The Morgan fingerprint density at radius 1 is 1.16 bits per heavy atom. The Morgan fingerprint density at radius 3 is 2.72 bits per heavy atom. The standard InChI is InChI=1S/C19H32N2O3S/c1-16-7-4-12-20(15-16)19(22)11-6-14-25(23,24)21-13-5-9-17-8-2-3-10-18(17)21/h10,16-17H,2-9,11-15H2,1H3. The maximum atomic E-state index is 12.8. The number of carbonyl (C=O) groups excluding carboxylic acids is 1. The Morgan fingerprint density at radius 2 is 1.92 bits per heavy atom. The molecule has 5 nitrogen and oxygen atoms in total. The predicted octanol–water partition coefficient (Wildman–Crippen LogP) is 3.13. The van der Waals surface area contributed by atoms with Gasteiger partial charge in [-0.1, -0.05) is 13.0 Å². The van der Waals surface area contributed by atoms with Crippen molar-refractivity contribution in [3.05, 3.63) is 11.8 Å². The molecule has 1 aliphatic carbocycles. The normalized spacial score (nSPS) is 27.6. The van der Waals surface area contributed by atoms with E-state index in [4.69, 9.17) is 0 Å². The third-order valence-electron chi connectivity index (χ3n) is 5.87. The maximum absolute atomic E-state index is 12.8. The number of fused-ring (bicyclic) bond motifs is 1. The van der Waals surface area contributed by atoms with Crippen molar-refractivity contribution in [1.29, 1.82) is 0 Å². The fourth-order valence-corrected chi connectivity index (χ4v) is 6.21. The molecule has 6 heteroatoms. The van der Waals surface area contributed by atoms with Crippen LogP contribution in [0.25, 0.3) is 0 Å². The van der Waals surface area contributed by atoms with Gasteiger partial charge in [-0.3, -0.25) is 9.10 Å². The topological polar surface area (TPSA) is 57.7 Å². The lowest BCUT2D eigenvalue weighted by Crippen LogP contribution is -2.41. The Balaban J connectivity index is 1.53. The molecule has 2 fully saturated rings. The van der Waals surface area contributed by atoms with E-state index in [9.17, 15) is 13.2 Å². The lowest BCUT2D eigenvalue weighted by molar-refractivity contribution is -0.132. The highest BCUT2D eigenvalue weighted by Gasteiger charge is 2.33. The van der Waals surface area contributed by atoms with E-state index in [1.54, 1.807) is 4.31 Å². The highest BCUT2D eigenvalue weighted by atomic mass is 32.2. The van der Waals surface area contributed by atoms with Gasteiger partial charge in [-0.2, -0.15) is 0 Å². The number of hydrogen-bond acceptors (Lipinski definition) is 3. The first kappa shape index (κ1) is 18.7. The van der Waals surface area contributed by atoms with Crippen LogP contribution >= 0.6 is 0 Å². The fourth-order valence-electron chi connectivity index (χ4n) is 4.53. The van der Waals surface area contributed by atoms with Crippen molar-refractivity contribution in [2.75, 3.05) is 25.4 Å². The number of carbonyl (C=O) groups is 1. The first-order valence-corrected chi connectivity index (χ1v) is 11.6. The molecule has 2 heterocycles. The summed E-state index contributed by atoms with van der Waals surface area (Å²) < 4.78 is 27.3. The minimum Gasteiger partial charge on any atom is -0.342 e. The van der Waals surface area contributed by atoms with Crippen LogP contribution < -0.4 is 0 Å². The highest BCUT2D eigenvalue weighted by Crippen LogP contribution is 2.36. The molecule has 3 aliphatic rings. The van der Waals surface area contributed by atoms with E-state index in [2.05, 4.69) is 13.0 Å². The van der Waals surface area contributed by atoms with Crippen LogP contribution in [0.1, 0.15) is 64.7 Å². The average Bonchev–Trinajstić information content (AvgIpc) is 2.61. The number of sulfonamides is 1. The minimum absolute atomic E-state index is 0.0895. The summed E-state index contributed by atoms with van der Waals surface area (Å²) in [6, 6.07) is 0. The number of nitrogens with zero attached hydrogens (tertiary/aromatic N) is 2. The van der Waals surface area contributed by atoms with Gasteiger partial charge in [-0.15, -0.1) is 0 Å². The van der Waals surface area contributed by atoms with Gasteiger partial charge in [0.05, 0.1) is 5.75 Å². The molecule has 0 aromatic heterocycles. The van der Waals surface area contributed by atoms with Crippen molar-refractivity contribution in [3.8, 4) is 0 Å². The molecule has 2 saturated heterocycles.